The Morgan fingerprint density at radius 3 is 2.15 bits per heavy atom. The van der Waals surface area contributed by atoms with Gasteiger partial charge in [0.2, 0.25) is 0 Å². The molecule has 0 aromatic rings. The monoisotopic (exact) mass is 209 g/mol. The molecule has 0 aromatic carbocycles. The Balaban J connectivity index is 4.69. The van der Waals surface area contributed by atoms with Crippen molar-refractivity contribution in [3.8, 4) is 0 Å². The molecule has 0 aliphatic heterocycles. The molecule has 0 aliphatic carbocycles. The summed E-state index contributed by atoms with van der Waals surface area (Å²) in [6.45, 7) is 1.71. The van der Waals surface area contributed by atoms with Crippen LogP contribution in [0.1, 0.15) is 6.92 Å². The largest absolute Gasteiger partial charge is 0.417 e. The fraction of sp³-hybridized carbons (Fsp3) is 0.375. The van der Waals surface area contributed by atoms with Crippen molar-refractivity contribution in [2.45, 2.75) is 13.1 Å². The van der Waals surface area contributed by atoms with Gasteiger partial charge in [0.1, 0.15) is 0 Å². The lowest BCUT2D eigenvalue weighted by Crippen LogP contribution is -2.12. The van der Waals surface area contributed by atoms with Crippen LogP contribution in [0, 0.1) is 5.41 Å². The predicted octanol–water partition coefficient (Wildman–Crippen LogP) is 3.39. The van der Waals surface area contributed by atoms with E-state index in [1.54, 1.807) is 13.2 Å². The Morgan fingerprint density at radius 2 is 1.85 bits per heavy atom. The number of alkyl halides is 3. The van der Waals surface area contributed by atoms with Crippen LogP contribution in [0.3, 0.4) is 0 Å². The zero-order valence-corrected chi connectivity index (χ0v) is 8.09. The average molecular weight is 209 g/mol. The van der Waals surface area contributed by atoms with E-state index in [9.17, 15) is 13.2 Å². The van der Waals surface area contributed by atoms with Gasteiger partial charge in [0.15, 0.2) is 0 Å². The van der Waals surface area contributed by atoms with Crippen molar-refractivity contribution in [1.29, 1.82) is 5.41 Å². The van der Waals surface area contributed by atoms with E-state index in [-0.39, 0.29) is 0 Å². The van der Waals surface area contributed by atoms with E-state index in [2.05, 4.69) is 0 Å². The van der Waals surface area contributed by atoms with E-state index in [1.807, 2.05) is 0 Å². The summed E-state index contributed by atoms with van der Waals surface area (Å²) >= 11 is 1.36. The number of halogens is 3. The van der Waals surface area contributed by atoms with Gasteiger partial charge < -0.3 is 5.41 Å². The molecule has 0 saturated carbocycles. The number of allylic oxidation sites excluding steroid dienone is 4. The Kier molecular flexibility index (Phi) is 4.83. The molecule has 0 atom stereocenters. The maximum absolute atomic E-state index is 12.0. The van der Waals surface area contributed by atoms with Crippen molar-refractivity contribution in [1.82, 2.24) is 0 Å². The van der Waals surface area contributed by atoms with Gasteiger partial charge in [-0.2, -0.15) is 13.2 Å². The van der Waals surface area contributed by atoms with E-state index in [4.69, 9.17) is 5.41 Å². The maximum Gasteiger partial charge on any atom is 0.417 e. The number of thioether (sulfide) groups is 1. The van der Waals surface area contributed by atoms with E-state index >= 15 is 0 Å². The smallest absolute Gasteiger partial charge is 0.308 e. The molecule has 0 rings (SSSR count). The third kappa shape index (κ3) is 4.77. The number of hydrogen-bond donors (Lipinski definition) is 1. The van der Waals surface area contributed by atoms with Crippen molar-refractivity contribution < 1.29 is 13.2 Å². The van der Waals surface area contributed by atoms with Gasteiger partial charge in [0.25, 0.3) is 0 Å². The van der Waals surface area contributed by atoms with E-state index in [0.717, 1.165) is 11.0 Å². The molecule has 0 amide bonds. The van der Waals surface area contributed by atoms with Gasteiger partial charge in [-0.25, -0.2) is 0 Å². The van der Waals surface area contributed by atoms with Crippen molar-refractivity contribution in [2.75, 3.05) is 6.26 Å². The van der Waals surface area contributed by atoms with Gasteiger partial charge in [-0.1, -0.05) is 6.08 Å². The van der Waals surface area contributed by atoms with Crippen molar-refractivity contribution in [3.63, 3.8) is 0 Å². The molecule has 0 aromatic heterocycles. The maximum atomic E-state index is 12.0. The van der Waals surface area contributed by atoms with Crippen LogP contribution >= 0.6 is 11.8 Å². The third-order valence-electron chi connectivity index (χ3n) is 1.30. The summed E-state index contributed by atoms with van der Waals surface area (Å²) < 4.78 is 36.1. The zero-order valence-electron chi connectivity index (χ0n) is 7.27. The molecule has 5 heteroatoms. The Labute approximate surface area is 79.2 Å². The lowest BCUT2D eigenvalue weighted by Gasteiger charge is -2.04. The number of hydrogen-bond acceptors (Lipinski definition) is 2. The molecule has 1 N–H and O–H groups in total. The molecule has 1 nitrogen and oxygen atoms in total. The highest BCUT2D eigenvalue weighted by Crippen LogP contribution is 2.24. The van der Waals surface area contributed by atoms with Gasteiger partial charge >= 0.3 is 6.18 Å². The molecule has 0 aliphatic rings. The van der Waals surface area contributed by atoms with E-state index < -0.39 is 11.7 Å². The molecule has 0 heterocycles. The van der Waals surface area contributed by atoms with Gasteiger partial charge in [0, 0.05) is 6.21 Å². The fourth-order valence-electron chi connectivity index (χ4n) is 0.500. The molecule has 13 heavy (non-hydrogen) atoms. The molecule has 0 unspecified atom stereocenters. The van der Waals surface area contributed by atoms with Crippen LogP contribution in [0.15, 0.2) is 22.6 Å². The molecule has 74 valence electrons. The molecular formula is C8H10F3NS. The number of rotatable bonds is 3. The van der Waals surface area contributed by atoms with Gasteiger partial charge in [0.05, 0.1) is 5.57 Å². The first-order chi connectivity index (χ1) is 5.91. The molecule has 0 radical (unpaired) electrons. The van der Waals surface area contributed by atoms with Crippen LogP contribution in [-0.4, -0.2) is 18.6 Å². The van der Waals surface area contributed by atoms with Crippen LogP contribution < -0.4 is 0 Å². The van der Waals surface area contributed by atoms with Gasteiger partial charge in [-0.15, -0.1) is 11.8 Å². The van der Waals surface area contributed by atoms with Crippen LogP contribution in [0.2, 0.25) is 0 Å². The highest BCUT2D eigenvalue weighted by molar-refractivity contribution is 8.02. The van der Waals surface area contributed by atoms with Gasteiger partial charge in [-0.05, 0) is 24.2 Å². The second-order valence-corrected chi connectivity index (χ2v) is 3.30. The molecule has 0 bridgehead atoms. The minimum Gasteiger partial charge on any atom is -0.308 e. The van der Waals surface area contributed by atoms with Crippen LogP contribution in [-0.2, 0) is 0 Å². The zero-order chi connectivity index (χ0) is 10.5. The standard InChI is InChI=1S/C8H10F3NS/c1-6(13-2)3-4-7(5-12)8(9,10)11/h3-5,12H,1-2H3/b6-3+,7-4+,12-5?. The topological polar surface area (TPSA) is 23.9 Å². The summed E-state index contributed by atoms with van der Waals surface area (Å²) in [4.78, 5) is 0.767. The van der Waals surface area contributed by atoms with E-state index in [0.29, 0.717) is 6.21 Å². The second-order valence-electron chi connectivity index (χ2n) is 2.25. The second kappa shape index (κ2) is 5.11. The predicted molar refractivity (Wildman–Crippen MR) is 50.2 cm³/mol. The lowest BCUT2D eigenvalue weighted by atomic mass is 10.2. The van der Waals surface area contributed by atoms with Gasteiger partial charge in [-0.3, -0.25) is 0 Å². The Morgan fingerprint density at radius 1 is 1.31 bits per heavy atom. The van der Waals surface area contributed by atoms with E-state index in [1.165, 1.54) is 17.8 Å². The lowest BCUT2D eigenvalue weighted by molar-refractivity contribution is -0.0856. The summed E-state index contributed by atoms with van der Waals surface area (Å²) in [7, 11) is 0. The SMILES string of the molecule is CS/C(C)=C/C=C(\C=N)C(F)(F)F. The first kappa shape index (κ1) is 12.3. The third-order valence-corrected chi connectivity index (χ3v) is 2.08. The minimum atomic E-state index is -4.43. The summed E-state index contributed by atoms with van der Waals surface area (Å²) in [5.74, 6) is 0. The Hall–Kier alpha value is -0.710. The van der Waals surface area contributed by atoms with Crippen molar-refractivity contribution in [3.05, 3.63) is 22.6 Å². The average Bonchev–Trinajstić information content (AvgIpc) is 2.02. The summed E-state index contributed by atoms with van der Waals surface area (Å²) in [5, 5.41) is 6.57. The molecule has 0 fully saturated rings. The quantitative estimate of drug-likeness (QED) is 0.559. The first-order valence-electron chi connectivity index (χ1n) is 3.42. The first-order valence-corrected chi connectivity index (χ1v) is 4.64. The number of nitrogens with one attached hydrogen (secondary N) is 1. The normalized spacial score (nSPS) is 14.5. The highest BCUT2D eigenvalue weighted by Gasteiger charge is 2.31. The summed E-state index contributed by atoms with van der Waals surface area (Å²) in [6, 6.07) is 0. The molecular weight excluding hydrogens is 199 g/mol. The Bertz CT molecular complexity index is 240. The summed E-state index contributed by atoms with van der Waals surface area (Å²) in [6.07, 6.45) is -0.101. The minimum absolute atomic E-state index is 0.310. The summed E-state index contributed by atoms with van der Waals surface area (Å²) in [5.41, 5.74) is -0.944. The molecule has 0 spiro atoms. The van der Waals surface area contributed by atoms with Crippen molar-refractivity contribution >= 4 is 18.0 Å². The van der Waals surface area contributed by atoms with Crippen LogP contribution in [0.5, 0.6) is 0 Å². The van der Waals surface area contributed by atoms with Crippen LogP contribution in [0.4, 0.5) is 13.2 Å². The van der Waals surface area contributed by atoms with Crippen LogP contribution in [0.25, 0.3) is 0 Å². The highest BCUT2D eigenvalue weighted by atomic mass is 32.2. The fourth-order valence-corrected chi connectivity index (χ4v) is 0.704. The van der Waals surface area contributed by atoms with Crippen molar-refractivity contribution in [2.24, 2.45) is 0 Å². The molecule has 0 saturated heterocycles.